The zero-order valence-corrected chi connectivity index (χ0v) is 12.9. The third kappa shape index (κ3) is 6.86. The first-order valence-corrected chi connectivity index (χ1v) is 6.61. The predicted octanol–water partition coefficient (Wildman–Crippen LogP) is 1.43. The third-order valence-corrected chi connectivity index (χ3v) is 3.31. The van der Waals surface area contributed by atoms with Crippen molar-refractivity contribution in [1.82, 2.24) is 10.4 Å². The zero-order chi connectivity index (χ0) is 14.1. The first kappa shape index (κ1) is 17.2. The Labute approximate surface area is 129 Å². The molecule has 0 aliphatic carbocycles. The number of aliphatic hydroxyl groups is 2. The van der Waals surface area contributed by atoms with Crippen LogP contribution in [0.5, 0.6) is 0 Å². The molecule has 0 aromatic heterocycles. The quantitative estimate of drug-likeness (QED) is 0.127. The van der Waals surface area contributed by atoms with Crippen LogP contribution in [0.25, 0.3) is 0 Å². The normalized spacial score (nSPS) is 10.6. The topological polar surface area (TPSA) is 108 Å². The van der Waals surface area contributed by atoms with E-state index in [0.29, 0.717) is 0 Å². The highest BCUT2D eigenvalue weighted by molar-refractivity contribution is 14.1. The van der Waals surface area contributed by atoms with Gasteiger partial charge in [-0.05, 0) is 30.0 Å². The number of thiocarbonyl (C=S) groups is 2. The Morgan fingerprint density at radius 3 is 2.06 bits per heavy atom. The fourth-order valence-corrected chi connectivity index (χ4v) is 1.84. The Morgan fingerprint density at radius 2 is 1.72 bits per heavy atom. The van der Waals surface area contributed by atoms with E-state index >= 15 is 0 Å². The summed E-state index contributed by atoms with van der Waals surface area (Å²) in [5.74, 6) is 10.1. The SMILES string of the molecule is NN(C(O)=S)C(I)c1ccccc1.NNC(O)=S. The Balaban J connectivity index is 0.000000494. The van der Waals surface area contributed by atoms with E-state index in [1.54, 1.807) is 0 Å². The number of rotatable bonds is 2. The van der Waals surface area contributed by atoms with E-state index in [1.165, 1.54) is 0 Å². The zero-order valence-electron chi connectivity index (χ0n) is 9.15. The number of nitrogens with one attached hydrogen (secondary N) is 1. The summed E-state index contributed by atoms with van der Waals surface area (Å²) in [6.07, 6.45) is 0. The fraction of sp³-hybridized carbons (Fsp3) is 0.111. The molecule has 1 atom stereocenters. The average Bonchev–Trinajstić information content (AvgIpc) is 2.38. The highest BCUT2D eigenvalue weighted by Crippen LogP contribution is 2.24. The molecular formula is C9H13IN4O2S2. The lowest BCUT2D eigenvalue weighted by Crippen LogP contribution is -2.36. The number of alkyl halides is 1. The summed E-state index contributed by atoms with van der Waals surface area (Å²) in [6.45, 7) is 0. The summed E-state index contributed by atoms with van der Waals surface area (Å²) in [4.78, 5) is 0. The van der Waals surface area contributed by atoms with E-state index < -0.39 is 0 Å². The van der Waals surface area contributed by atoms with Crippen LogP contribution in [0.4, 0.5) is 0 Å². The van der Waals surface area contributed by atoms with Gasteiger partial charge in [-0.25, -0.2) is 11.7 Å². The van der Waals surface area contributed by atoms with Gasteiger partial charge in [-0.2, -0.15) is 0 Å². The van der Waals surface area contributed by atoms with Gasteiger partial charge in [0.25, 0.3) is 10.3 Å². The lowest BCUT2D eigenvalue weighted by molar-refractivity contribution is 0.351. The minimum atomic E-state index is -0.384. The maximum Gasteiger partial charge on any atom is 0.272 e. The van der Waals surface area contributed by atoms with Crippen molar-refractivity contribution in [1.29, 1.82) is 0 Å². The summed E-state index contributed by atoms with van der Waals surface area (Å²) >= 11 is 10.7. The van der Waals surface area contributed by atoms with Crippen molar-refractivity contribution in [3.05, 3.63) is 35.9 Å². The van der Waals surface area contributed by atoms with Crippen LogP contribution in [0.2, 0.25) is 0 Å². The molecule has 0 fully saturated rings. The molecule has 0 heterocycles. The molecule has 1 unspecified atom stereocenters. The van der Waals surface area contributed by atoms with Crippen LogP contribution >= 0.6 is 47.0 Å². The fourth-order valence-electron chi connectivity index (χ4n) is 0.869. The summed E-state index contributed by atoms with van der Waals surface area (Å²) in [5, 5.41) is 17.3. The maximum atomic E-state index is 8.98. The number of aliphatic hydroxyl groups excluding tert-OH is 2. The third-order valence-electron chi connectivity index (χ3n) is 1.66. The lowest BCUT2D eigenvalue weighted by atomic mass is 10.2. The van der Waals surface area contributed by atoms with Crippen LogP contribution in [-0.2, 0) is 0 Å². The van der Waals surface area contributed by atoms with E-state index in [4.69, 9.17) is 16.1 Å². The van der Waals surface area contributed by atoms with E-state index in [0.717, 1.165) is 10.6 Å². The number of benzene rings is 1. The van der Waals surface area contributed by atoms with E-state index in [-0.39, 0.29) is 14.4 Å². The van der Waals surface area contributed by atoms with Crippen LogP contribution in [0, 0.1) is 0 Å². The second kappa shape index (κ2) is 9.22. The standard InChI is InChI=1S/C8H9IN2OS.CH4N2OS/c9-7(11(10)8(12)13)6-4-2-1-3-5-6;2-3-1(4)5/h1-5,7H,10H2,(H,12,13);2H2,(H2,3,4,5). The van der Waals surface area contributed by atoms with Crippen molar-refractivity contribution in [2.24, 2.45) is 11.7 Å². The lowest BCUT2D eigenvalue weighted by Gasteiger charge is -2.21. The number of nitrogens with two attached hydrogens (primary N) is 2. The highest BCUT2D eigenvalue weighted by atomic mass is 127. The van der Waals surface area contributed by atoms with Crippen molar-refractivity contribution in [3.8, 4) is 0 Å². The van der Waals surface area contributed by atoms with E-state index in [1.807, 2.05) is 35.8 Å². The van der Waals surface area contributed by atoms with Gasteiger partial charge < -0.3 is 10.2 Å². The van der Waals surface area contributed by atoms with Crippen LogP contribution in [0.1, 0.15) is 9.61 Å². The van der Waals surface area contributed by atoms with Crippen LogP contribution in [-0.4, -0.2) is 25.6 Å². The van der Waals surface area contributed by atoms with Gasteiger partial charge in [0.1, 0.15) is 4.05 Å². The number of halogens is 1. The molecule has 0 amide bonds. The van der Waals surface area contributed by atoms with Gasteiger partial charge in [0.2, 0.25) is 0 Å². The first-order chi connectivity index (χ1) is 8.40. The Bertz CT molecular complexity index is 393. The van der Waals surface area contributed by atoms with Gasteiger partial charge >= 0.3 is 0 Å². The molecule has 0 saturated carbocycles. The Hall–Kier alpha value is -0.750. The Kier molecular flexibility index (Phi) is 8.83. The summed E-state index contributed by atoms with van der Waals surface area (Å²) in [6, 6.07) is 9.60. The molecule has 1 rings (SSSR count). The van der Waals surface area contributed by atoms with E-state index in [9.17, 15) is 0 Å². The molecule has 6 nitrogen and oxygen atoms in total. The summed E-state index contributed by atoms with van der Waals surface area (Å²) in [5.41, 5.74) is 2.82. The van der Waals surface area contributed by atoms with Gasteiger partial charge in [0.05, 0.1) is 0 Å². The van der Waals surface area contributed by atoms with Gasteiger partial charge in [0, 0.05) is 0 Å². The van der Waals surface area contributed by atoms with Crippen molar-refractivity contribution in [2.45, 2.75) is 4.05 Å². The number of hydrazine groups is 2. The average molecular weight is 400 g/mol. The molecule has 0 aliphatic heterocycles. The van der Waals surface area contributed by atoms with Gasteiger partial charge in [0.15, 0.2) is 0 Å². The largest absolute Gasteiger partial charge is 0.486 e. The summed E-state index contributed by atoms with van der Waals surface area (Å²) in [7, 11) is 0. The molecular weight excluding hydrogens is 387 g/mol. The molecule has 0 bridgehead atoms. The van der Waals surface area contributed by atoms with E-state index in [2.05, 4.69) is 52.9 Å². The molecule has 0 spiro atoms. The second-order valence-electron chi connectivity index (χ2n) is 2.89. The number of hydrogen-bond acceptors (Lipinski definition) is 4. The minimum absolute atomic E-state index is 0.142. The molecule has 1 aromatic carbocycles. The van der Waals surface area contributed by atoms with Crippen LogP contribution in [0.3, 0.4) is 0 Å². The molecule has 9 heteroatoms. The molecule has 7 N–H and O–H groups in total. The molecule has 0 radical (unpaired) electrons. The Morgan fingerprint density at radius 1 is 1.28 bits per heavy atom. The monoisotopic (exact) mass is 400 g/mol. The summed E-state index contributed by atoms with van der Waals surface area (Å²) < 4.78 is -0.142. The van der Waals surface area contributed by atoms with Crippen molar-refractivity contribution in [2.75, 3.05) is 0 Å². The first-order valence-electron chi connectivity index (χ1n) is 4.55. The predicted molar refractivity (Wildman–Crippen MR) is 87.0 cm³/mol. The van der Waals surface area contributed by atoms with Gasteiger partial charge in [-0.15, -0.1) is 0 Å². The van der Waals surface area contributed by atoms with Crippen LogP contribution in [0.15, 0.2) is 30.3 Å². The molecule has 1 aromatic rings. The smallest absolute Gasteiger partial charge is 0.272 e. The van der Waals surface area contributed by atoms with Crippen molar-refractivity contribution < 1.29 is 10.2 Å². The minimum Gasteiger partial charge on any atom is -0.486 e. The molecule has 0 saturated heterocycles. The number of hydrogen-bond donors (Lipinski definition) is 5. The van der Waals surface area contributed by atoms with Crippen LogP contribution < -0.4 is 17.1 Å². The number of nitrogens with zero attached hydrogens (tertiary/aromatic N) is 1. The van der Waals surface area contributed by atoms with Gasteiger partial charge in [-0.3, -0.25) is 10.4 Å². The second-order valence-corrected chi connectivity index (χ2v) is 4.82. The molecule has 100 valence electrons. The highest BCUT2D eigenvalue weighted by Gasteiger charge is 2.15. The maximum absolute atomic E-state index is 8.98. The molecule has 0 aliphatic rings. The van der Waals surface area contributed by atoms with Crippen molar-refractivity contribution in [3.63, 3.8) is 0 Å². The van der Waals surface area contributed by atoms with Gasteiger partial charge in [-0.1, -0.05) is 52.9 Å². The molecule has 18 heavy (non-hydrogen) atoms. The van der Waals surface area contributed by atoms with Crippen molar-refractivity contribution >= 4 is 57.4 Å².